The molecule has 4 aromatic heterocycles. The summed E-state index contributed by atoms with van der Waals surface area (Å²) in [6, 6.07) is 0. The van der Waals surface area contributed by atoms with Crippen LogP contribution in [0.1, 0.15) is 0 Å². The molecule has 0 saturated carbocycles. The first-order chi connectivity index (χ1) is 20.3. The Balaban J connectivity index is 1.45. The van der Waals surface area contributed by atoms with Crippen molar-refractivity contribution < 1.29 is 28.6 Å². The second-order valence-electron chi connectivity index (χ2n) is 7.60. The summed E-state index contributed by atoms with van der Waals surface area (Å²) >= 11 is 0. The number of nitrogens with one attached hydrogen (secondary N) is 6. The Hall–Kier alpha value is -6.36. The minimum absolute atomic E-state index is 0.00670. The number of nitrogens with zero attached hydrogens (tertiary/aromatic N) is 9. The van der Waals surface area contributed by atoms with Gasteiger partial charge in [-0.25, -0.2) is 42.5 Å². The molecule has 24 heteroatoms. The van der Waals surface area contributed by atoms with E-state index in [-0.39, 0.29) is 17.8 Å². The number of ether oxygens (including phenoxy) is 3. The monoisotopic (exact) mass is 591 g/mol. The van der Waals surface area contributed by atoms with Gasteiger partial charge in [-0.05, 0) is 0 Å². The number of rotatable bonds is 12. The minimum Gasteiger partial charge on any atom is -0.447 e. The number of anilines is 3. The molecule has 3 amide bonds. The normalized spacial score (nSPS) is 10.6. The summed E-state index contributed by atoms with van der Waals surface area (Å²) in [4.78, 5) is 82.4. The number of carbonyl (C=O) groups is 3. The van der Waals surface area contributed by atoms with Crippen molar-refractivity contribution in [2.24, 2.45) is 0 Å². The number of amides is 3. The molecule has 0 aliphatic rings. The summed E-state index contributed by atoms with van der Waals surface area (Å²) in [5, 5.41) is 27.8. The molecule has 0 fully saturated rings. The second-order valence-corrected chi connectivity index (χ2v) is 7.60. The summed E-state index contributed by atoms with van der Waals surface area (Å²) in [5.41, 5.74) is -3.24. The predicted molar refractivity (Wildman–Crippen MR) is 133 cm³/mol. The summed E-state index contributed by atoms with van der Waals surface area (Å²) in [7, 11) is 0. The van der Waals surface area contributed by atoms with Crippen molar-refractivity contribution in [3.63, 3.8) is 0 Å². The molecular formula is C18H21N15O9. The number of aromatic nitrogens is 12. The van der Waals surface area contributed by atoms with Crippen LogP contribution >= 0.6 is 0 Å². The zero-order valence-electron chi connectivity index (χ0n) is 21.2. The van der Waals surface area contributed by atoms with Crippen LogP contribution in [-0.4, -0.2) is 97.3 Å². The van der Waals surface area contributed by atoms with Crippen LogP contribution in [0.15, 0.2) is 33.4 Å². The van der Waals surface area contributed by atoms with Gasteiger partial charge < -0.3 is 29.2 Å². The van der Waals surface area contributed by atoms with E-state index in [2.05, 4.69) is 61.5 Å². The molecule has 4 aromatic rings. The van der Waals surface area contributed by atoms with Crippen molar-refractivity contribution in [2.75, 3.05) is 35.8 Å². The molecule has 42 heavy (non-hydrogen) atoms. The molecule has 6 N–H and O–H groups in total. The Labute approximate surface area is 230 Å². The molecule has 0 aromatic carbocycles. The highest BCUT2D eigenvalue weighted by molar-refractivity contribution is 5.82. The van der Waals surface area contributed by atoms with Crippen LogP contribution in [0.25, 0.3) is 0 Å². The minimum atomic E-state index is -1.08. The molecule has 24 nitrogen and oxygen atoms in total. The highest BCUT2D eigenvalue weighted by atomic mass is 16.6. The Kier molecular flexibility index (Phi) is 9.29. The number of H-pyrrole nitrogens is 3. The molecule has 222 valence electrons. The summed E-state index contributed by atoms with van der Waals surface area (Å²) in [5.74, 6) is -0.0201. The van der Waals surface area contributed by atoms with Gasteiger partial charge in [-0.2, -0.15) is 0 Å². The largest absolute Gasteiger partial charge is 0.447 e. The Bertz CT molecular complexity index is 1430. The first kappa shape index (κ1) is 28.6. The summed E-state index contributed by atoms with van der Waals surface area (Å²) in [6.07, 6.45) is 0.736. The van der Waals surface area contributed by atoms with Gasteiger partial charge in [-0.1, -0.05) is 0 Å². The van der Waals surface area contributed by atoms with Crippen LogP contribution in [0.2, 0.25) is 0 Å². The maximum absolute atomic E-state index is 13.0. The van der Waals surface area contributed by atoms with Crippen LogP contribution in [0.3, 0.4) is 0 Å². The molecule has 4 rings (SSSR count). The second kappa shape index (κ2) is 13.6. The summed E-state index contributed by atoms with van der Waals surface area (Å²) in [6.45, 7) is -2.83. The average molecular weight is 591 g/mol. The molecule has 0 bridgehead atoms. The van der Waals surface area contributed by atoms with E-state index in [1.54, 1.807) is 0 Å². The van der Waals surface area contributed by atoms with Gasteiger partial charge >= 0.3 is 35.3 Å². The van der Waals surface area contributed by atoms with E-state index in [0.717, 1.165) is 0 Å². The highest BCUT2D eigenvalue weighted by Gasteiger charge is 2.18. The van der Waals surface area contributed by atoms with Gasteiger partial charge in [0.1, 0.15) is 38.8 Å². The molecule has 0 saturated heterocycles. The van der Waals surface area contributed by atoms with E-state index in [9.17, 15) is 28.8 Å². The standard InChI is InChI=1S/C18H21N15O9/c34-13(25-10-19-7-22-28-10)40-4-1-31-16(37)32(2-5-41-14(35)26-11-20-8-23-29-11)18(39)33(17(31)38)3-6-42-15(36)27-12-21-9-24-30-12/h7-9H,1-6H2,(H2,19,22,25,28,34)(H2,20,23,26,29,35)(H2,21,24,27,30,36). The van der Waals surface area contributed by atoms with Gasteiger partial charge in [0.05, 0.1) is 19.6 Å². The molecule has 0 spiro atoms. The van der Waals surface area contributed by atoms with Gasteiger partial charge in [0.2, 0.25) is 17.8 Å². The highest BCUT2D eigenvalue weighted by Crippen LogP contribution is 1.96. The third kappa shape index (κ3) is 7.61. The average Bonchev–Trinajstić information content (AvgIpc) is 3.75. The maximum atomic E-state index is 13.0. The quantitative estimate of drug-likeness (QED) is 0.0911. The van der Waals surface area contributed by atoms with Gasteiger partial charge in [-0.3, -0.25) is 16.0 Å². The number of aromatic amines is 3. The first-order valence-corrected chi connectivity index (χ1v) is 11.7. The molecule has 0 aliphatic heterocycles. The Morgan fingerprint density at radius 3 is 1.10 bits per heavy atom. The van der Waals surface area contributed by atoms with Crippen molar-refractivity contribution in [1.82, 2.24) is 59.2 Å². The third-order valence-electron chi connectivity index (χ3n) is 4.94. The van der Waals surface area contributed by atoms with E-state index in [4.69, 9.17) is 14.2 Å². The van der Waals surface area contributed by atoms with Gasteiger partial charge in [-0.15, -0.1) is 30.6 Å². The van der Waals surface area contributed by atoms with Crippen molar-refractivity contribution in [3.05, 3.63) is 50.4 Å². The Morgan fingerprint density at radius 1 is 0.571 bits per heavy atom. The molecule has 0 aliphatic carbocycles. The van der Waals surface area contributed by atoms with Crippen LogP contribution < -0.4 is 33.0 Å². The van der Waals surface area contributed by atoms with Crippen molar-refractivity contribution in [3.8, 4) is 0 Å². The zero-order valence-corrected chi connectivity index (χ0v) is 21.2. The van der Waals surface area contributed by atoms with Crippen LogP contribution in [-0.2, 0) is 33.8 Å². The number of carbonyl (C=O) groups excluding carboxylic acids is 3. The smallest absolute Gasteiger partial charge is 0.414 e. The molecule has 0 unspecified atom stereocenters. The maximum Gasteiger partial charge on any atom is 0.414 e. The lowest BCUT2D eigenvalue weighted by Gasteiger charge is -2.14. The van der Waals surface area contributed by atoms with Crippen LogP contribution in [0.4, 0.5) is 32.2 Å². The SMILES string of the molecule is O=C(Nc1nnc[nH]1)OCCn1c(=O)n(CCOC(=O)Nc2nnc[nH]2)c(=O)n(CCOC(=O)Nc2nnc[nH]2)c1=O. The van der Waals surface area contributed by atoms with E-state index in [1.165, 1.54) is 19.0 Å². The first-order valence-electron chi connectivity index (χ1n) is 11.7. The van der Waals surface area contributed by atoms with Crippen LogP contribution in [0.5, 0.6) is 0 Å². The van der Waals surface area contributed by atoms with E-state index >= 15 is 0 Å². The van der Waals surface area contributed by atoms with Gasteiger partial charge in [0.15, 0.2) is 0 Å². The fraction of sp³-hybridized carbons (Fsp3) is 0.333. The fourth-order valence-corrected chi connectivity index (χ4v) is 3.14. The number of hydrogen-bond donors (Lipinski definition) is 6. The summed E-state index contributed by atoms with van der Waals surface area (Å²) < 4.78 is 16.7. The lowest BCUT2D eigenvalue weighted by molar-refractivity contribution is 0.149. The predicted octanol–water partition coefficient (Wildman–Crippen LogP) is -2.73. The molecule has 0 atom stereocenters. The third-order valence-corrected chi connectivity index (χ3v) is 4.94. The Morgan fingerprint density at radius 2 is 0.857 bits per heavy atom. The lowest BCUT2D eigenvalue weighted by Crippen LogP contribution is -2.55. The van der Waals surface area contributed by atoms with Crippen LogP contribution in [0, 0.1) is 0 Å². The topological polar surface area (TPSA) is 306 Å². The van der Waals surface area contributed by atoms with E-state index in [0.29, 0.717) is 13.7 Å². The van der Waals surface area contributed by atoms with Crippen molar-refractivity contribution in [2.45, 2.75) is 19.6 Å². The van der Waals surface area contributed by atoms with Gasteiger partial charge in [0.25, 0.3) is 0 Å². The van der Waals surface area contributed by atoms with E-state index < -0.39 is 74.8 Å². The van der Waals surface area contributed by atoms with Crippen molar-refractivity contribution >= 4 is 36.1 Å². The molecule has 0 radical (unpaired) electrons. The molecule has 4 heterocycles. The van der Waals surface area contributed by atoms with E-state index in [1.807, 2.05) is 0 Å². The zero-order chi connectivity index (χ0) is 29.9. The molecular weight excluding hydrogens is 570 g/mol. The fourth-order valence-electron chi connectivity index (χ4n) is 3.14. The lowest BCUT2D eigenvalue weighted by atomic mass is 10.5. The van der Waals surface area contributed by atoms with Gasteiger partial charge in [0, 0.05) is 0 Å². The number of hydrogen-bond acceptors (Lipinski definition) is 15. The van der Waals surface area contributed by atoms with Crippen molar-refractivity contribution in [1.29, 1.82) is 0 Å².